The Labute approximate surface area is 147 Å². The van der Waals surface area contributed by atoms with Crippen LogP contribution < -0.4 is 10.1 Å². The van der Waals surface area contributed by atoms with Crippen LogP contribution in [0.15, 0.2) is 24.7 Å². The first-order chi connectivity index (χ1) is 12.1. The SMILES string of the molecule is CC(C)(CCCCF)c1cn(-c2cncc(OCC3CCN3)c2)nn1. The predicted octanol–water partition coefficient (Wildman–Crippen LogP) is 2.82. The highest BCUT2D eigenvalue weighted by Crippen LogP contribution is 2.28. The predicted molar refractivity (Wildman–Crippen MR) is 93.9 cm³/mol. The Bertz CT molecular complexity index is 684. The van der Waals surface area contributed by atoms with Crippen molar-refractivity contribution in [3.8, 4) is 11.4 Å². The molecule has 0 radical (unpaired) electrons. The lowest BCUT2D eigenvalue weighted by atomic mass is 9.84. The Morgan fingerprint density at radius 1 is 1.36 bits per heavy atom. The topological polar surface area (TPSA) is 64.9 Å². The van der Waals surface area contributed by atoms with E-state index in [-0.39, 0.29) is 12.1 Å². The zero-order valence-corrected chi connectivity index (χ0v) is 14.9. The molecule has 2 aromatic heterocycles. The van der Waals surface area contributed by atoms with Crippen LogP contribution in [0.4, 0.5) is 4.39 Å². The standard InChI is InChI=1S/C18H26FN5O/c1-18(2,6-3-4-7-19)17-12-24(23-22-17)15-9-16(11-20-10-15)25-13-14-5-8-21-14/h9-12,14,21H,3-8,13H2,1-2H3. The van der Waals surface area contributed by atoms with Gasteiger partial charge in [-0.25, -0.2) is 4.68 Å². The maximum Gasteiger partial charge on any atom is 0.139 e. The number of hydrogen-bond donors (Lipinski definition) is 1. The van der Waals surface area contributed by atoms with Crippen LogP contribution in [0.2, 0.25) is 0 Å². The Morgan fingerprint density at radius 2 is 2.20 bits per heavy atom. The van der Waals surface area contributed by atoms with Gasteiger partial charge >= 0.3 is 0 Å². The van der Waals surface area contributed by atoms with Crippen molar-refractivity contribution >= 4 is 0 Å². The summed E-state index contributed by atoms with van der Waals surface area (Å²) in [4.78, 5) is 4.24. The van der Waals surface area contributed by atoms with Gasteiger partial charge in [0.1, 0.15) is 12.4 Å². The van der Waals surface area contributed by atoms with Crippen LogP contribution in [0.1, 0.15) is 45.2 Å². The van der Waals surface area contributed by atoms with Gasteiger partial charge in [0.2, 0.25) is 0 Å². The summed E-state index contributed by atoms with van der Waals surface area (Å²) in [5.41, 5.74) is 1.58. The zero-order valence-electron chi connectivity index (χ0n) is 14.9. The van der Waals surface area contributed by atoms with Gasteiger partial charge in [0.15, 0.2) is 0 Å². The lowest BCUT2D eigenvalue weighted by Crippen LogP contribution is -2.46. The van der Waals surface area contributed by atoms with E-state index in [9.17, 15) is 4.39 Å². The highest BCUT2D eigenvalue weighted by atomic mass is 19.1. The average molecular weight is 347 g/mol. The Hall–Kier alpha value is -2.02. The molecule has 3 heterocycles. The first kappa shape index (κ1) is 17.8. The van der Waals surface area contributed by atoms with E-state index in [1.807, 2.05) is 12.3 Å². The fourth-order valence-electron chi connectivity index (χ4n) is 2.79. The van der Waals surface area contributed by atoms with Crippen LogP contribution in [0.3, 0.4) is 0 Å². The normalized spacial score (nSPS) is 17.3. The summed E-state index contributed by atoms with van der Waals surface area (Å²) in [5, 5.41) is 11.8. The molecule has 25 heavy (non-hydrogen) atoms. The second-order valence-corrected chi connectivity index (χ2v) is 7.21. The molecular formula is C18H26FN5O. The number of aromatic nitrogens is 4. The van der Waals surface area contributed by atoms with Crippen LogP contribution in [-0.2, 0) is 5.41 Å². The van der Waals surface area contributed by atoms with Crippen LogP contribution in [0.25, 0.3) is 5.69 Å². The number of pyridine rings is 1. The Kier molecular flexibility index (Phi) is 5.63. The molecular weight excluding hydrogens is 321 g/mol. The molecule has 3 rings (SSSR count). The van der Waals surface area contributed by atoms with Gasteiger partial charge in [0.05, 0.1) is 36.6 Å². The van der Waals surface area contributed by atoms with E-state index in [2.05, 4.69) is 34.5 Å². The quantitative estimate of drug-likeness (QED) is 0.707. The lowest BCUT2D eigenvalue weighted by Gasteiger charge is -2.27. The van der Waals surface area contributed by atoms with Crippen molar-refractivity contribution in [3.63, 3.8) is 0 Å². The number of alkyl halides is 1. The number of nitrogens with one attached hydrogen (secondary N) is 1. The van der Waals surface area contributed by atoms with Crippen molar-refractivity contribution in [2.75, 3.05) is 19.8 Å². The molecule has 0 saturated carbocycles. The Morgan fingerprint density at radius 3 is 2.92 bits per heavy atom. The molecule has 0 spiro atoms. The molecule has 136 valence electrons. The van der Waals surface area contributed by atoms with Crippen molar-refractivity contribution in [3.05, 3.63) is 30.4 Å². The monoisotopic (exact) mass is 347 g/mol. The summed E-state index contributed by atoms with van der Waals surface area (Å²) in [6.45, 7) is 5.67. The maximum absolute atomic E-state index is 12.3. The molecule has 1 atom stereocenters. The summed E-state index contributed by atoms with van der Waals surface area (Å²) < 4.78 is 19.8. The van der Waals surface area contributed by atoms with Crippen LogP contribution in [0.5, 0.6) is 5.75 Å². The number of rotatable bonds is 9. The third-order valence-electron chi connectivity index (χ3n) is 4.71. The third-order valence-corrected chi connectivity index (χ3v) is 4.71. The number of halogens is 1. The molecule has 1 aliphatic rings. The summed E-state index contributed by atoms with van der Waals surface area (Å²) in [7, 11) is 0. The molecule has 0 aliphatic carbocycles. The minimum atomic E-state index is -0.266. The number of ether oxygens (including phenoxy) is 1. The van der Waals surface area contributed by atoms with Gasteiger partial charge in [0.25, 0.3) is 0 Å². The molecule has 0 aromatic carbocycles. The van der Waals surface area contributed by atoms with E-state index < -0.39 is 0 Å². The van der Waals surface area contributed by atoms with E-state index >= 15 is 0 Å². The van der Waals surface area contributed by atoms with Crippen LogP contribution >= 0.6 is 0 Å². The van der Waals surface area contributed by atoms with E-state index in [0.717, 1.165) is 42.9 Å². The second kappa shape index (κ2) is 7.91. The minimum Gasteiger partial charge on any atom is -0.490 e. The lowest BCUT2D eigenvalue weighted by molar-refractivity contribution is 0.217. The summed E-state index contributed by atoms with van der Waals surface area (Å²) >= 11 is 0. The third kappa shape index (κ3) is 4.54. The van der Waals surface area contributed by atoms with Crippen LogP contribution in [-0.4, -0.2) is 45.8 Å². The molecule has 1 aliphatic heterocycles. The minimum absolute atomic E-state index is 0.134. The fourth-order valence-corrected chi connectivity index (χ4v) is 2.79. The average Bonchev–Trinajstić information content (AvgIpc) is 3.05. The van der Waals surface area contributed by atoms with E-state index in [1.54, 1.807) is 17.1 Å². The highest BCUT2D eigenvalue weighted by Gasteiger charge is 2.24. The first-order valence-corrected chi connectivity index (χ1v) is 8.89. The number of hydrogen-bond acceptors (Lipinski definition) is 5. The second-order valence-electron chi connectivity index (χ2n) is 7.21. The Balaban J connectivity index is 1.66. The largest absolute Gasteiger partial charge is 0.490 e. The number of nitrogens with zero attached hydrogens (tertiary/aromatic N) is 4. The first-order valence-electron chi connectivity index (χ1n) is 8.89. The molecule has 7 heteroatoms. The van der Waals surface area contributed by atoms with Gasteiger partial charge in [-0.05, 0) is 32.2 Å². The summed E-state index contributed by atoms with van der Waals surface area (Å²) in [6, 6.07) is 2.35. The van der Waals surface area contributed by atoms with E-state index in [0.29, 0.717) is 19.1 Å². The molecule has 2 aromatic rings. The summed E-state index contributed by atoms with van der Waals surface area (Å²) in [5.74, 6) is 0.727. The fraction of sp³-hybridized carbons (Fsp3) is 0.611. The zero-order chi connectivity index (χ0) is 17.7. The smallest absolute Gasteiger partial charge is 0.139 e. The molecule has 1 unspecified atom stereocenters. The maximum atomic E-state index is 12.3. The van der Waals surface area contributed by atoms with Crippen molar-refractivity contribution in [2.24, 2.45) is 0 Å². The van der Waals surface area contributed by atoms with Gasteiger partial charge in [-0.2, -0.15) is 0 Å². The van der Waals surface area contributed by atoms with Crippen molar-refractivity contribution in [2.45, 2.75) is 51.0 Å². The molecule has 1 saturated heterocycles. The molecule has 0 amide bonds. The molecule has 6 nitrogen and oxygen atoms in total. The van der Waals surface area contributed by atoms with Gasteiger partial charge in [-0.1, -0.05) is 19.1 Å². The van der Waals surface area contributed by atoms with E-state index in [1.165, 1.54) is 0 Å². The van der Waals surface area contributed by atoms with Gasteiger partial charge < -0.3 is 10.1 Å². The highest BCUT2D eigenvalue weighted by molar-refractivity contribution is 5.35. The molecule has 1 fully saturated rings. The summed E-state index contributed by atoms with van der Waals surface area (Å²) in [6.07, 6.45) is 8.84. The van der Waals surface area contributed by atoms with E-state index in [4.69, 9.17) is 4.74 Å². The number of unbranched alkanes of at least 4 members (excludes halogenated alkanes) is 1. The van der Waals surface area contributed by atoms with Gasteiger partial charge in [-0.15, -0.1) is 5.10 Å². The van der Waals surface area contributed by atoms with Crippen molar-refractivity contribution < 1.29 is 9.13 Å². The van der Waals surface area contributed by atoms with Crippen molar-refractivity contribution in [1.29, 1.82) is 0 Å². The molecule has 0 bridgehead atoms. The van der Waals surface area contributed by atoms with Crippen LogP contribution in [0, 0.1) is 0 Å². The van der Waals surface area contributed by atoms with Crippen molar-refractivity contribution in [1.82, 2.24) is 25.3 Å². The van der Waals surface area contributed by atoms with Gasteiger partial charge in [0, 0.05) is 17.5 Å². The molecule has 1 N–H and O–H groups in total. The van der Waals surface area contributed by atoms with Gasteiger partial charge in [-0.3, -0.25) is 9.37 Å².